The highest BCUT2D eigenvalue weighted by Gasteiger charge is 2.35. The zero-order valence-corrected chi connectivity index (χ0v) is 15.5. The van der Waals surface area contributed by atoms with Crippen LogP contribution < -0.4 is 11.1 Å². The Hall–Kier alpha value is -2.40. The number of aromatic nitrogens is 5. The third-order valence-electron chi connectivity index (χ3n) is 4.49. The van der Waals surface area contributed by atoms with Gasteiger partial charge in [-0.05, 0) is 37.8 Å². The Kier molecular flexibility index (Phi) is 5.11. The first-order valence-corrected chi connectivity index (χ1v) is 9.65. The van der Waals surface area contributed by atoms with Crippen molar-refractivity contribution in [2.24, 2.45) is 5.73 Å². The lowest BCUT2D eigenvalue weighted by Gasteiger charge is -2.26. The second-order valence-electron chi connectivity index (χ2n) is 6.68. The predicted molar refractivity (Wildman–Crippen MR) is 98.9 cm³/mol. The average molecular weight is 409 g/mol. The first-order chi connectivity index (χ1) is 13.4. The average Bonchev–Trinajstić information content (AvgIpc) is 3.03. The van der Waals surface area contributed by atoms with Crippen LogP contribution in [0.2, 0.25) is 0 Å². The Balaban J connectivity index is 1.54. The summed E-state index contributed by atoms with van der Waals surface area (Å²) in [7, 11) is 0. The third-order valence-corrected chi connectivity index (χ3v) is 5.45. The molecule has 3 heterocycles. The highest BCUT2D eigenvalue weighted by molar-refractivity contribution is 7.99. The summed E-state index contributed by atoms with van der Waals surface area (Å²) < 4.78 is 39.3. The number of pyridine rings is 1. The molecule has 0 aliphatic heterocycles. The van der Waals surface area contributed by atoms with Gasteiger partial charge < -0.3 is 16.0 Å². The van der Waals surface area contributed by atoms with E-state index in [2.05, 4.69) is 30.2 Å². The molecule has 7 nitrogen and oxygen atoms in total. The summed E-state index contributed by atoms with van der Waals surface area (Å²) in [6.07, 6.45) is 1.94. The second-order valence-corrected chi connectivity index (χ2v) is 7.75. The van der Waals surface area contributed by atoms with E-state index in [1.54, 1.807) is 0 Å². The fraction of sp³-hybridized carbons (Fsp3) is 0.412. The van der Waals surface area contributed by atoms with Crippen LogP contribution in [0.3, 0.4) is 0 Å². The molecule has 3 aromatic heterocycles. The molecule has 28 heavy (non-hydrogen) atoms. The fourth-order valence-corrected chi connectivity index (χ4v) is 4.13. The molecule has 3 aromatic rings. The maximum atomic E-state index is 13.1. The van der Waals surface area contributed by atoms with Crippen LogP contribution >= 0.6 is 11.8 Å². The molecular formula is C17H18F3N7S. The van der Waals surface area contributed by atoms with Gasteiger partial charge in [-0.1, -0.05) is 11.8 Å². The van der Waals surface area contributed by atoms with E-state index in [1.807, 2.05) is 0 Å². The summed E-state index contributed by atoms with van der Waals surface area (Å²) in [6, 6.07) is 3.22. The summed E-state index contributed by atoms with van der Waals surface area (Å²) in [5, 5.41) is 3.63. The van der Waals surface area contributed by atoms with Gasteiger partial charge in [-0.2, -0.15) is 18.2 Å². The molecule has 0 bridgehead atoms. The first-order valence-electron chi connectivity index (χ1n) is 8.83. The summed E-state index contributed by atoms with van der Waals surface area (Å²) in [5.41, 5.74) is 5.87. The van der Waals surface area contributed by atoms with E-state index in [1.165, 1.54) is 18.3 Å². The Morgan fingerprint density at radius 3 is 2.86 bits per heavy atom. The van der Waals surface area contributed by atoms with Crippen molar-refractivity contribution in [3.8, 4) is 0 Å². The van der Waals surface area contributed by atoms with Gasteiger partial charge in [0.15, 0.2) is 17.0 Å². The largest absolute Gasteiger partial charge is 0.434 e. The zero-order chi connectivity index (χ0) is 19.7. The minimum absolute atomic E-state index is 0.0299. The summed E-state index contributed by atoms with van der Waals surface area (Å²) in [4.78, 5) is 19.4. The molecule has 1 aliphatic rings. The van der Waals surface area contributed by atoms with Gasteiger partial charge in [-0.3, -0.25) is 4.98 Å². The molecule has 4 rings (SSSR count). The number of hydrogen-bond donors (Lipinski definition) is 3. The van der Waals surface area contributed by atoms with E-state index in [4.69, 9.17) is 5.73 Å². The zero-order valence-electron chi connectivity index (χ0n) is 14.7. The number of hydrogen-bond acceptors (Lipinski definition) is 7. The normalized spacial score (nSPS) is 20.4. The molecule has 4 N–H and O–H groups in total. The number of H-pyrrole nitrogens is 1. The molecule has 1 aliphatic carbocycles. The van der Waals surface area contributed by atoms with Crippen molar-refractivity contribution < 1.29 is 13.2 Å². The molecule has 11 heteroatoms. The highest BCUT2D eigenvalue weighted by Crippen LogP contribution is 2.37. The van der Waals surface area contributed by atoms with Gasteiger partial charge >= 0.3 is 6.18 Å². The van der Waals surface area contributed by atoms with Gasteiger partial charge in [0.25, 0.3) is 0 Å². The number of nitrogens with one attached hydrogen (secondary N) is 2. The van der Waals surface area contributed by atoms with Gasteiger partial charge in [0.1, 0.15) is 5.03 Å². The van der Waals surface area contributed by atoms with E-state index >= 15 is 0 Å². The van der Waals surface area contributed by atoms with Crippen LogP contribution in [0.4, 0.5) is 19.1 Å². The fourth-order valence-electron chi connectivity index (χ4n) is 3.25. The monoisotopic (exact) mass is 409 g/mol. The van der Waals surface area contributed by atoms with E-state index in [-0.39, 0.29) is 17.0 Å². The van der Waals surface area contributed by atoms with Gasteiger partial charge in [0.2, 0.25) is 5.95 Å². The van der Waals surface area contributed by atoms with Crippen LogP contribution in [0.1, 0.15) is 31.4 Å². The quantitative estimate of drug-likeness (QED) is 0.605. The number of halogens is 3. The van der Waals surface area contributed by atoms with Gasteiger partial charge in [-0.15, -0.1) is 0 Å². The van der Waals surface area contributed by atoms with Crippen molar-refractivity contribution in [2.75, 3.05) is 5.32 Å². The smallest absolute Gasteiger partial charge is 0.353 e. The van der Waals surface area contributed by atoms with Crippen LogP contribution in [-0.2, 0) is 6.18 Å². The topological polar surface area (TPSA) is 105 Å². The summed E-state index contributed by atoms with van der Waals surface area (Å²) >= 11 is 0.860. The third kappa shape index (κ3) is 4.20. The van der Waals surface area contributed by atoms with Crippen molar-refractivity contribution in [1.82, 2.24) is 24.9 Å². The lowest BCUT2D eigenvalue weighted by molar-refractivity contribution is -0.143. The molecule has 0 amide bonds. The molecular weight excluding hydrogens is 391 g/mol. The Labute approximate surface area is 162 Å². The number of imidazole rings is 1. The minimum atomic E-state index is -4.53. The molecule has 2 unspecified atom stereocenters. The van der Waals surface area contributed by atoms with Gasteiger partial charge in [-0.25, -0.2) is 9.97 Å². The molecule has 0 spiro atoms. The molecule has 1 fully saturated rings. The lowest BCUT2D eigenvalue weighted by atomic mass is 9.92. The number of aromatic amines is 1. The molecule has 2 atom stereocenters. The Morgan fingerprint density at radius 2 is 2.07 bits per heavy atom. The van der Waals surface area contributed by atoms with E-state index < -0.39 is 11.9 Å². The number of alkyl halides is 3. The van der Waals surface area contributed by atoms with E-state index in [0.717, 1.165) is 43.6 Å². The number of anilines is 1. The maximum Gasteiger partial charge on any atom is 0.434 e. The highest BCUT2D eigenvalue weighted by atomic mass is 32.2. The Morgan fingerprint density at radius 1 is 1.21 bits per heavy atom. The van der Waals surface area contributed by atoms with Gasteiger partial charge in [0.05, 0.1) is 6.20 Å². The number of nitrogens with two attached hydrogens (primary N) is 1. The first kappa shape index (κ1) is 18.9. The van der Waals surface area contributed by atoms with Crippen LogP contribution in [0.25, 0.3) is 11.3 Å². The summed E-state index contributed by atoms with van der Waals surface area (Å²) in [6.45, 7) is 0. The second kappa shape index (κ2) is 7.55. The summed E-state index contributed by atoms with van der Waals surface area (Å²) in [5.74, 6) is 0.536. The van der Waals surface area contributed by atoms with Crippen molar-refractivity contribution in [2.45, 2.75) is 53.9 Å². The standard InChI is InChI=1S/C17H18F3N7S/c18-17(19,20)13-11(5-2-6-22-13)28-12-8-23-14-15(25-12)27-16(26-14)24-10-4-1-3-9(21)7-10/h2,5-6,8-10H,1,3-4,7,21H2,(H2,23,24,25,26,27). The van der Waals surface area contributed by atoms with E-state index in [0.29, 0.717) is 22.3 Å². The van der Waals surface area contributed by atoms with Crippen LogP contribution in [0.15, 0.2) is 34.4 Å². The van der Waals surface area contributed by atoms with Crippen LogP contribution in [0, 0.1) is 0 Å². The van der Waals surface area contributed by atoms with Crippen molar-refractivity contribution in [3.63, 3.8) is 0 Å². The number of nitrogens with zero attached hydrogens (tertiary/aromatic N) is 4. The molecule has 0 saturated heterocycles. The number of rotatable bonds is 4. The van der Waals surface area contributed by atoms with Gasteiger partial charge in [0, 0.05) is 23.2 Å². The minimum Gasteiger partial charge on any atom is -0.353 e. The van der Waals surface area contributed by atoms with Crippen molar-refractivity contribution in [1.29, 1.82) is 0 Å². The van der Waals surface area contributed by atoms with Crippen LogP contribution in [-0.4, -0.2) is 37.0 Å². The molecule has 1 saturated carbocycles. The molecule has 148 valence electrons. The molecule has 0 radical (unpaired) electrons. The Bertz CT molecular complexity index is 975. The van der Waals surface area contributed by atoms with Crippen LogP contribution in [0.5, 0.6) is 0 Å². The maximum absolute atomic E-state index is 13.1. The number of fused-ring (bicyclic) bond motifs is 1. The van der Waals surface area contributed by atoms with Crippen molar-refractivity contribution in [3.05, 3.63) is 30.2 Å². The van der Waals surface area contributed by atoms with E-state index in [9.17, 15) is 13.2 Å². The SMILES string of the molecule is NC1CCCC(Nc2nc3ncc(Sc4cccnc4C(F)(F)F)nc3[nH]2)C1. The lowest BCUT2D eigenvalue weighted by Crippen LogP contribution is -2.35. The van der Waals surface area contributed by atoms with Crippen molar-refractivity contribution >= 4 is 29.0 Å². The molecule has 0 aromatic carbocycles. The predicted octanol–water partition coefficient (Wildman–Crippen LogP) is 3.60.